The Morgan fingerprint density at radius 2 is 2.12 bits per heavy atom. The molecule has 1 aromatic rings. The minimum atomic E-state index is -0.297. The Hall–Kier alpha value is -0.640. The molecule has 0 aliphatic carbocycles. The fraction of sp³-hybridized carbons (Fsp3) is 0.588. The highest BCUT2D eigenvalue weighted by Crippen LogP contribution is 2.32. The maximum atomic E-state index is 14.4. The first-order valence-corrected chi connectivity index (χ1v) is 8.64. The van der Waals surface area contributed by atoms with Crippen LogP contribution in [0.2, 0.25) is 5.02 Å². The summed E-state index contributed by atoms with van der Waals surface area (Å²) in [5.74, 6) is 0.0325. The van der Waals surface area contributed by atoms with Gasteiger partial charge in [-0.2, -0.15) is 0 Å². The highest BCUT2D eigenvalue weighted by Gasteiger charge is 2.27. The van der Waals surface area contributed by atoms with Crippen molar-refractivity contribution in [2.45, 2.75) is 31.8 Å². The van der Waals surface area contributed by atoms with Gasteiger partial charge in [0.2, 0.25) is 0 Å². The molecule has 1 fully saturated rings. The molecule has 0 saturated carbocycles. The second-order valence-corrected chi connectivity index (χ2v) is 6.53. The van der Waals surface area contributed by atoms with Gasteiger partial charge in [0.05, 0.1) is 19.2 Å². The van der Waals surface area contributed by atoms with Crippen molar-refractivity contribution in [3.8, 4) is 0 Å². The summed E-state index contributed by atoms with van der Waals surface area (Å²) in [6.07, 6.45) is 2.20. The molecule has 0 spiro atoms. The molecule has 2 rings (SSSR count). The summed E-state index contributed by atoms with van der Waals surface area (Å²) in [6, 6.07) is 4.62. The number of nitrogens with zero attached hydrogens (tertiary/aromatic N) is 2. The number of halogens is 3. The first-order valence-electron chi connectivity index (χ1n) is 8.26. The van der Waals surface area contributed by atoms with Crippen molar-refractivity contribution in [1.29, 1.82) is 0 Å². The van der Waals surface area contributed by atoms with Crippen molar-refractivity contribution in [3.63, 3.8) is 0 Å². The zero-order valence-electron chi connectivity index (χ0n) is 14.7. The highest BCUT2D eigenvalue weighted by molar-refractivity contribution is 14.0. The van der Waals surface area contributed by atoms with E-state index < -0.39 is 0 Å². The van der Waals surface area contributed by atoms with Crippen LogP contribution in [-0.4, -0.2) is 50.3 Å². The van der Waals surface area contributed by atoms with Crippen LogP contribution in [0.1, 0.15) is 31.4 Å². The lowest BCUT2D eigenvalue weighted by Crippen LogP contribution is -2.41. The van der Waals surface area contributed by atoms with Crippen LogP contribution in [0.3, 0.4) is 0 Å². The second-order valence-electron chi connectivity index (χ2n) is 6.12. The number of methoxy groups -OCH3 is 1. The van der Waals surface area contributed by atoms with Crippen LogP contribution >= 0.6 is 35.6 Å². The summed E-state index contributed by atoms with van der Waals surface area (Å²) < 4.78 is 19.4. The van der Waals surface area contributed by atoms with E-state index in [0.717, 1.165) is 25.9 Å². The Kier molecular flexibility index (Phi) is 9.99. The van der Waals surface area contributed by atoms with Crippen LogP contribution in [0.4, 0.5) is 4.39 Å². The lowest BCUT2D eigenvalue weighted by molar-refractivity contribution is 0.179. The van der Waals surface area contributed by atoms with E-state index in [1.165, 1.54) is 6.07 Å². The molecule has 1 heterocycles. The van der Waals surface area contributed by atoms with E-state index in [1.54, 1.807) is 19.2 Å². The van der Waals surface area contributed by atoms with Crippen molar-refractivity contribution in [3.05, 3.63) is 34.6 Å². The Morgan fingerprint density at radius 3 is 2.72 bits per heavy atom. The number of hydrogen-bond donors (Lipinski definition) is 2. The summed E-state index contributed by atoms with van der Waals surface area (Å²) in [7, 11) is 1.63. The molecule has 3 N–H and O–H groups in total. The molecule has 0 radical (unpaired) electrons. The molecule has 0 bridgehead atoms. The molecular weight excluding hydrogens is 458 g/mol. The predicted octanol–water partition coefficient (Wildman–Crippen LogP) is 3.17. The van der Waals surface area contributed by atoms with Crippen LogP contribution in [0, 0.1) is 5.82 Å². The third-order valence-corrected chi connectivity index (χ3v) is 4.49. The van der Waals surface area contributed by atoms with Crippen molar-refractivity contribution in [1.82, 2.24) is 10.2 Å². The lowest BCUT2D eigenvalue weighted by atomic mass is 10.0. The van der Waals surface area contributed by atoms with Crippen LogP contribution < -0.4 is 11.1 Å². The largest absolute Gasteiger partial charge is 0.383 e. The smallest absolute Gasteiger partial charge is 0.188 e. The average Bonchev–Trinajstić information content (AvgIpc) is 3.04. The van der Waals surface area contributed by atoms with Gasteiger partial charge < -0.3 is 15.8 Å². The first-order chi connectivity index (χ1) is 11.5. The SMILES string of the molecule is COCC(C)NC(N)=NCC(c1c(F)cccc1Cl)N1CCCC1.I. The maximum Gasteiger partial charge on any atom is 0.188 e. The Bertz CT molecular complexity index is 549. The van der Waals surface area contributed by atoms with Gasteiger partial charge in [-0.1, -0.05) is 17.7 Å². The molecule has 25 heavy (non-hydrogen) atoms. The minimum absolute atomic E-state index is 0. The monoisotopic (exact) mass is 484 g/mol. The molecule has 2 unspecified atom stereocenters. The minimum Gasteiger partial charge on any atom is -0.383 e. The van der Waals surface area contributed by atoms with Gasteiger partial charge in [-0.3, -0.25) is 9.89 Å². The van der Waals surface area contributed by atoms with Gasteiger partial charge in [-0.05, 0) is 45.0 Å². The Morgan fingerprint density at radius 1 is 1.44 bits per heavy atom. The molecule has 5 nitrogen and oxygen atoms in total. The fourth-order valence-corrected chi connectivity index (χ4v) is 3.34. The number of hydrogen-bond acceptors (Lipinski definition) is 3. The molecule has 1 aliphatic heterocycles. The van der Waals surface area contributed by atoms with E-state index in [4.69, 9.17) is 22.1 Å². The Labute approximate surface area is 171 Å². The van der Waals surface area contributed by atoms with Crippen molar-refractivity contribution < 1.29 is 9.13 Å². The van der Waals surface area contributed by atoms with Gasteiger partial charge >= 0.3 is 0 Å². The van der Waals surface area contributed by atoms with E-state index in [-0.39, 0.29) is 41.9 Å². The first kappa shape index (κ1) is 22.4. The number of nitrogens with two attached hydrogens (primary N) is 1. The van der Waals surface area contributed by atoms with Crippen molar-refractivity contribution in [2.24, 2.45) is 10.7 Å². The fourth-order valence-electron chi connectivity index (χ4n) is 3.05. The quantitative estimate of drug-likeness (QED) is 0.355. The standard InChI is InChI=1S/C17H26ClFN4O.HI/c1-12(11-24-2)22-17(20)21-10-15(23-8-3-4-9-23)16-13(18)6-5-7-14(16)19;/h5-7,12,15H,3-4,8-11H2,1-2H3,(H3,20,21,22);1H. The number of nitrogens with one attached hydrogen (secondary N) is 1. The third kappa shape index (κ3) is 6.54. The van der Waals surface area contributed by atoms with Crippen LogP contribution in [0.5, 0.6) is 0 Å². The molecular formula is C17H27ClFIN4O. The van der Waals surface area contributed by atoms with Crippen molar-refractivity contribution >= 4 is 41.5 Å². The van der Waals surface area contributed by atoms with E-state index in [0.29, 0.717) is 29.7 Å². The van der Waals surface area contributed by atoms with Gasteiger partial charge in [0.15, 0.2) is 5.96 Å². The predicted molar refractivity (Wildman–Crippen MR) is 111 cm³/mol. The van der Waals surface area contributed by atoms with Gasteiger partial charge in [0, 0.05) is 23.7 Å². The summed E-state index contributed by atoms with van der Waals surface area (Å²) in [4.78, 5) is 6.63. The van der Waals surface area contributed by atoms with E-state index >= 15 is 0 Å². The second kappa shape index (κ2) is 11.2. The molecule has 1 aromatic carbocycles. The zero-order valence-corrected chi connectivity index (χ0v) is 17.8. The number of benzene rings is 1. The van der Waals surface area contributed by atoms with Crippen LogP contribution in [-0.2, 0) is 4.74 Å². The van der Waals surface area contributed by atoms with E-state index in [1.807, 2.05) is 6.92 Å². The third-order valence-electron chi connectivity index (χ3n) is 4.16. The molecule has 0 aromatic heterocycles. The number of aliphatic imine (C=N–C) groups is 1. The highest BCUT2D eigenvalue weighted by atomic mass is 127. The molecule has 0 amide bonds. The van der Waals surface area contributed by atoms with Crippen molar-refractivity contribution in [2.75, 3.05) is 33.4 Å². The van der Waals surface area contributed by atoms with E-state index in [9.17, 15) is 4.39 Å². The average molecular weight is 485 g/mol. The Balaban J connectivity index is 0.00000312. The van der Waals surface area contributed by atoms with Gasteiger partial charge in [0.1, 0.15) is 5.82 Å². The normalized spacial score (nSPS) is 17.8. The summed E-state index contributed by atoms with van der Waals surface area (Å²) in [5.41, 5.74) is 6.45. The summed E-state index contributed by atoms with van der Waals surface area (Å²) >= 11 is 6.27. The van der Waals surface area contributed by atoms with Gasteiger partial charge in [0.25, 0.3) is 0 Å². The molecule has 1 aliphatic rings. The van der Waals surface area contributed by atoms with E-state index in [2.05, 4.69) is 15.2 Å². The zero-order chi connectivity index (χ0) is 17.5. The van der Waals surface area contributed by atoms with Gasteiger partial charge in [-0.15, -0.1) is 24.0 Å². The maximum absolute atomic E-state index is 14.4. The van der Waals surface area contributed by atoms with Gasteiger partial charge in [-0.25, -0.2) is 4.39 Å². The number of ether oxygens (including phenoxy) is 1. The summed E-state index contributed by atoms with van der Waals surface area (Å²) in [5, 5.41) is 3.50. The van der Waals surface area contributed by atoms with Crippen LogP contribution in [0.25, 0.3) is 0 Å². The summed E-state index contributed by atoms with van der Waals surface area (Å²) in [6.45, 7) is 4.68. The molecule has 2 atom stereocenters. The molecule has 8 heteroatoms. The van der Waals surface area contributed by atoms with Crippen LogP contribution in [0.15, 0.2) is 23.2 Å². The number of guanidine groups is 1. The number of likely N-dealkylation sites (tertiary alicyclic amines) is 1. The lowest BCUT2D eigenvalue weighted by Gasteiger charge is -2.28. The molecule has 1 saturated heterocycles. The topological polar surface area (TPSA) is 62.9 Å². The molecule has 142 valence electrons. The number of rotatable bonds is 7.